The van der Waals surface area contributed by atoms with Gasteiger partial charge in [0.05, 0.1) is 11.8 Å². The molecule has 1 N–H and O–H groups in total. The summed E-state index contributed by atoms with van der Waals surface area (Å²) in [6, 6.07) is 9.66. The van der Waals surface area contributed by atoms with Crippen LogP contribution < -0.4 is 19.5 Å². The van der Waals surface area contributed by atoms with Crippen LogP contribution in [0.3, 0.4) is 0 Å². The van der Waals surface area contributed by atoms with Gasteiger partial charge in [0.2, 0.25) is 5.91 Å². The molecule has 2 aromatic carbocycles. The first-order valence-electron chi connectivity index (χ1n) is 11.3. The molecule has 2 unspecified atom stereocenters. The summed E-state index contributed by atoms with van der Waals surface area (Å²) < 4.78 is 78.4. The first-order valence-corrected chi connectivity index (χ1v) is 11.3. The van der Waals surface area contributed by atoms with Gasteiger partial charge in [-0.25, -0.2) is 0 Å². The molecule has 0 aliphatic heterocycles. The van der Waals surface area contributed by atoms with Crippen molar-refractivity contribution in [2.75, 3.05) is 5.32 Å². The highest BCUT2D eigenvalue weighted by Gasteiger charge is 2.33. The van der Waals surface area contributed by atoms with Crippen LogP contribution in [0.25, 0.3) is 0 Å². The zero-order valence-electron chi connectivity index (χ0n) is 19.7. The molecule has 3 rings (SSSR count). The number of alkyl halides is 5. The highest BCUT2D eigenvalue weighted by atomic mass is 19.4. The SMILES string of the molecule is CC(=O)Nc1cc(OC2CCC(CC(=O)Cc3cccc(OC(C)(F)F)c3)C2)ccc1OC(F)(F)F. The number of halogens is 5. The molecular formula is C25H26F5NO5. The fourth-order valence-corrected chi connectivity index (χ4v) is 4.15. The Kier molecular flexibility index (Phi) is 8.42. The molecule has 2 atom stereocenters. The fraction of sp³-hybridized carbons (Fsp3) is 0.440. The lowest BCUT2D eigenvalue weighted by atomic mass is 9.97. The summed E-state index contributed by atoms with van der Waals surface area (Å²) in [6.45, 7) is 1.79. The fourth-order valence-electron chi connectivity index (χ4n) is 4.15. The predicted molar refractivity (Wildman–Crippen MR) is 120 cm³/mol. The number of rotatable bonds is 10. The third-order valence-electron chi connectivity index (χ3n) is 5.40. The summed E-state index contributed by atoms with van der Waals surface area (Å²) in [4.78, 5) is 23.9. The lowest BCUT2D eigenvalue weighted by Crippen LogP contribution is -2.19. The number of nitrogens with one attached hydrogen (secondary N) is 1. The number of anilines is 1. The third kappa shape index (κ3) is 9.01. The van der Waals surface area contributed by atoms with Crippen LogP contribution in [0.15, 0.2) is 42.5 Å². The number of ketones is 1. The topological polar surface area (TPSA) is 73.9 Å². The van der Waals surface area contributed by atoms with E-state index in [2.05, 4.69) is 14.8 Å². The van der Waals surface area contributed by atoms with E-state index in [4.69, 9.17) is 4.74 Å². The van der Waals surface area contributed by atoms with Gasteiger partial charge >= 0.3 is 12.5 Å². The molecule has 2 aromatic rings. The summed E-state index contributed by atoms with van der Waals surface area (Å²) >= 11 is 0. The van der Waals surface area contributed by atoms with Gasteiger partial charge in [0.15, 0.2) is 5.75 Å². The van der Waals surface area contributed by atoms with Crippen molar-refractivity contribution in [3.8, 4) is 17.2 Å². The first kappa shape index (κ1) is 27.2. The molecule has 196 valence electrons. The maximum atomic E-state index is 13.1. The number of hydrogen-bond acceptors (Lipinski definition) is 5. The number of amides is 1. The molecule has 0 heterocycles. The number of benzene rings is 2. The van der Waals surface area contributed by atoms with E-state index < -0.39 is 24.1 Å². The van der Waals surface area contributed by atoms with Gasteiger partial charge in [0.25, 0.3) is 0 Å². The van der Waals surface area contributed by atoms with Crippen molar-refractivity contribution in [1.82, 2.24) is 0 Å². The average Bonchev–Trinajstić information content (AvgIpc) is 3.14. The molecule has 11 heteroatoms. The van der Waals surface area contributed by atoms with Gasteiger partial charge in [0.1, 0.15) is 17.3 Å². The van der Waals surface area contributed by atoms with Gasteiger partial charge in [-0.15, -0.1) is 13.2 Å². The largest absolute Gasteiger partial charge is 0.573 e. The Hall–Kier alpha value is -3.37. The summed E-state index contributed by atoms with van der Waals surface area (Å²) in [5.74, 6) is -0.898. The Morgan fingerprint density at radius 3 is 2.42 bits per heavy atom. The van der Waals surface area contributed by atoms with Crippen LogP contribution in [0.5, 0.6) is 17.2 Å². The van der Waals surface area contributed by atoms with E-state index in [-0.39, 0.29) is 47.8 Å². The molecule has 0 spiro atoms. The van der Waals surface area contributed by atoms with E-state index in [9.17, 15) is 31.5 Å². The minimum atomic E-state index is -4.92. The normalized spacial score (nSPS) is 18.0. The summed E-state index contributed by atoms with van der Waals surface area (Å²) in [5.41, 5.74) is 0.397. The minimum Gasteiger partial charge on any atom is -0.490 e. The third-order valence-corrected chi connectivity index (χ3v) is 5.40. The van der Waals surface area contributed by atoms with Gasteiger partial charge in [-0.05, 0) is 55.0 Å². The van der Waals surface area contributed by atoms with Gasteiger partial charge in [-0.3, -0.25) is 9.59 Å². The number of ether oxygens (including phenoxy) is 3. The van der Waals surface area contributed by atoms with Crippen LogP contribution in [0.4, 0.5) is 27.6 Å². The molecule has 0 bridgehead atoms. The van der Waals surface area contributed by atoms with E-state index >= 15 is 0 Å². The van der Waals surface area contributed by atoms with Crippen molar-refractivity contribution in [1.29, 1.82) is 0 Å². The Morgan fingerprint density at radius 2 is 1.75 bits per heavy atom. The lowest BCUT2D eigenvalue weighted by Gasteiger charge is -2.18. The van der Waals surface area contributed by atoms with Gasteiger partial charge < -0.3 is 19.5 Å². The van der Waals surface area contributed by atoms with Gasteiger partial charge in [-0.2, -0.15) is 8.78 Å². The molecular weight excluding hydrogens is 489 g/mol. The summed E-state index contributed by atoms with van der Waals surface area (Å²) in [6.07, 6.45) is -6.22. The molecule has 6 nitrogen and oxygen atoms in total. The second-order valence-electron chi connectivity index (χ2n) is 8.78. The van der Waals surface area contributed by atoms with E-state index in [0.717, 1.165) is 19.4 Å². The van der Waals surface area contributed by atoms with Crippen LogP contribution in [-0.4, -0.2) is 30.3 Å². The Bertz CT molecular complexity index is 1080. The van der Waals surface area contributed by atoms with E-state index in [0.29, 0.717) is 25.3 Å². The molecule has 0 saturated heterocycles. The van der Waals surface area contributed by atoms with E-state index in [1.54, 1.807) is 12.1 Å². The van der Waals surface area contributed by atoms with Crippen LogP contribution in [0.2, 0.25) is 0 Å². The zero-order valence-corrected chi connectivity index (χ0v) is 19.7. The second-order valence-corrected chi connectivity index (χ2v) is 8.78. The predicted octanol–water partition coefficient (Wildman–Crippen LogP) is 6.28. The smallest absolute Gasteiger partial charge is 0.490 e. The van der Waals surface area contributed by atoms with Crippen LogP contribution in [0, 0.1) is 5.92 Å². The minimum absolute atomic E-state index is 0.0209. The zero-order chi connectivity index (χ0) is 26.5. The molecule has 1 amide bonds. The highest BCUT2D eigenvalue weighted by Crippen LogP contribution is 2.36. The Labute approximate surface area is 204 Å². The van der Waals surface area contributed by atoms with Crippen LogP contribution >= 0.6 is 0 Å². The van der Waals surface area contributed by atoms with Gasteiger partial charge in [-0.1, -0.05) is 12.1 Å². The number of carbonyl (C=O) groups excluding carboxylic acids is 2. The first-order chi connectivity index (χ1) is 16.8. The molecule has 1 saturated carbocycles. The molecule has 1 fully saturated rings. The number of carbonyl (C=O) groups is 2. The van der Waals surface area contributed by atoms with E-state index in [1.807, 2.05) is 0 Å². The van der Waals surface area contributed by atoms with Crippen molar-refractivity contribution in [2.45, 2.75) is 64.5 Å². The van der Waals surface area contributed by atoms with Crippen molar-refractivity contribution in [2.24, 2.45) is 5.92 Å². The van der Waals surface area contributed by atoms with Crippen molar-refractivity contribution in [3.63, 3.8) is 0 Å². The lowest BCUT2D eigenvalue weighted by molar-refractivity contribution is -0.274. The van der Waals surface area contributed by atoms with Crippen molar-refractivity contribution < 1.29 is 45.8 Å². The Balaban J connectivity index is 1.55. The van der Waals surface area contributed by atoms with Gasteiger partial charge in [0, 0.05) is 32.8 Å². The molecule has 0 aromatic heterocycles. The monoisotopic (exact) mass is 515 g/mol. The maximum absolute atomic E-state index is 13.1. The maximum Gasteiger partial charge on any atom is 0.573 e. The Morgan fingerprint density at radius 1 is 1.00 bits per heavy atom. The molecule has 0 radical (unpaired) electrons. The number of hydrogen-bond donors (Lipinski definition) is 1. The van der Waals surface area contributed by atoms with Crippen molar-refractivity contribution >= 4 is 17.4 Å². The summed E-state index contributed by atoms with van der Waals surface area (Å²) in [7, 11) is 0. The van der Waals surface area contributed by atoms with Crippen LogP contribution in [-0.2, 0) is 16.0 Å². The van der Waals surface area contributed by atoms with Crippen molar-refractivity contribution in [3.05, 3.63) is 48.0 Å². The molecule has 36 heavy (non-hydrogen) atoms. The molecule has 1 aliphatic carbocycles. The second kappa shape index (κ2) is 11.1. The molecule has 1 aliphatic rings. The quantitative estimate of drug-likeness (QED) is 0.377. The number of Topliss-reactive ketones (excluding diaryl/α,β-unsaturated/α-hetero) is 1. The summed E-state index contributed by atoms with van der Waals surface area (Å²) in [5, 5.41) is 2.30. The highest BCUT2D eigenvalue weighted by molar-refractivity contribution is 5.90. The van der Waals surface area contributed by atoms with E-state index in [1.165, 1.54) is 24.3 Å². The standard InChI is InChI=1S/C25H26F5NO5/c1-15(32)31-22-14-20(8-9-23(22)36-25(28,29)30)34-19-7-6-17(12-19)11-18(33)10-16-4-3-5-21(13-16)35-24(2,26)27/h3-5,8-9,13-14,17,19H,6-7,10-12H2,1-2H3,(H,31,32). The van der Waals surface area contributed by atoms with Crippen LogP contribution in [0.1, 0.15) is 45.1 Å². The average molecular weight is 515 g/mol.